The van der Waals surface area contributed by atoms with Gasteiger partial charge in [0.05, 0.1) is 44.5 Å². The van der Waals surface area contributed by atoms with E-state index < -0.39 is 5.60 Å². The highest BCUT2D eigenvalue weighted by molar-refractivity contribution is 5.98. The Morgan fingerprint density at radius 1 is 1.10 bits per heavy atom. The zero-order valence-corrected chi connectivity index (χ0v) is 24.0. The summed E-state index contributed by atoms with van der Waals surface area (Å²) in [6.45, 7) is 6.47. The van der Waals surface area contributed by atoms with Gasteiger partial charge in [0.25, 0.3) is 5.91 Å². The van der Waals surface area contributed by atoms with Crippen molar-refractivity contribution in [1.29, 1.82) is 0 Å². The van der Waals surface area contributed by atoms with Gasteiger partial charge in [0, 0.05) is 36.7 Å². The summed E-state index contributed by atoms with van der Waals surface area (Å²) in [5.74, 6) is -0.0569. The van der Waals surface area contributed by atoms with Crippen LogP contribution in [-0.4, -0.2) is 83.2 Å². The fraction of sp³-hybridized carbons (Fsp3) is 0.515. The van der Waals surface area contributed by atoms with Crippen LogP contribution < -0.4 is 5.32 Å². The number of benzene rings is 2. The Labute approximate surface area is 242 Å². The van der Waals surface area contributed by atoms with Gasteiger partial charge in [-0.15, -0.1) is 0 Å². The minimum atomic E-state index is -1.05. The molecule has 3 heterocycles. The van der Waals surface area contributed by atoms with Crippen LogP contribution in [0.4, 0.5) is 0 Å². The first-order chi connectivity index (χ1) is 20.0. The molecule has 0 radical (unpaired) electrons. The van der Waals surface area contributed by atoms with Gasteiger partial charge < -0.3 is 29.4 Å². The lowest BCUT2D eigenvalue weighted by molar-refractivity contribution is -0.163. The van der Waals surface area contributed by atoms with E-state index in [2.05, 4.69) is 28.9 Å². The Kier molecular flexibility index (Phi) is 8.26. The maximum atomic E-state index is 14.3. The number of nitrogens with zero attached hydrogens (tertiary/aromatic N) is 3. The molecule has 2 saturated heterocycles. The standard InChI is InChI=1S/C33H42N4O4/c1-32(20-40-21-32)22-41-23-33(39)15-9-8-14-28(33)37-24-35-29(30(37)26-12-6-3-7-13-26)31(38)36-17-16-34-19-27(36)18-25-10-4-2-5-11-25/h2-7,10-13,24,27-28,34,39H,8-9,14-23H2,1H3/t27-,28?,33?/m1/s1. The minimum Gasteiger partial charge on any atom is -0.385 e. The maximum Gasteiger partial charge on any atom is 0.275 e. The van der Waals surface area contributed by atoms with Crippen LogP contribution in [0.2, 0.25) is 0 Å². The Morgan fingerprint density at radius 3 is 2.59 bits per heavy atom. The molecule has 0 spiro atoms. The van der Waals surface area contributed by atoms with Crippen molar-refractivity contribution < 1.29 is 19.4 Å². The summed E-state index contributed by atoms with van der Waals surface area (Å²) in [6, 6.07) is 20.1. The minimum absolute atomic E-state index is 0.0178. The number of rotatable bonds is 9. The fourth-order valence-electron chi connectivity index (χ4n) is 6.65. The number of nitrogens with one attached hydrogen (secondary N) is 1. The molecule has 1 amide bonds. The van der Waals surface area contributed by atoms with Crippen molar-refractivity contribution >= 4 is 5.91 Å². The second-order valence-corrected chi connectivity index (χ2v) is 12.4. The molecule has 1 saturated carbocycles. The topological polar surface area (TPSA) is 88.8 Å². The van der Waals surface area contributed by atoms with Crippen LogP contribution in [0, 0.1) is 5.41 Å². The molecule has 1 aliphatic carbocycles. The molecule has 6 rings (SSSR count). The average Bonchev–Trinajstić information content (AvgIpc) is 3.42. The number of hydrogen-bond acceptors (Lipinski definition) is 6. The van der Waals surface area contributed by atoms with Gasteiger partial charge >= 0.3 is 0 Å². The van der Waals surface area contributed by atoms with Crippen molar-refractivity contribution in [3.8, 4) is 11.3 Å². The van der Waals surface area contributed by atoms with E-state index in [-0.39, 0.29) is 30.0 Å². The Hall–Kier alpha value is -3.04. The number of carbonyl (C=O) groups is 1. The number of imidazole rings is 1. The van der Waals surface area contributed by atoms with Crippen molar-refractivity contribution in [1.82, 2.24) is 19.8 Å². The summed E-state index contributed by atoms with van der Waals surface area (Å²) >= 11 is 0. The van der Waals surface area contributed by atoms with E-state index in [1.165, 1.54) is 5.56 Å². The lowest BCUT2D eigenvalue weighted by Crippen LogP contribution is -2.54. The molecule has 0 bridgehead atoms. The number of aliphatic hydroxyl groups is 1. The molecule has 2 N–H and O–H groups in total. The molecule has 3 fully saturated rings. The molecule has 8 heteroatoms. The summed E-state index contributed by atoms with van der Waals surface area (Å²) in [5, 5.41) is 15.5. The molecule has 3 aromatic rings. The number of carbonyl (C=O) groups excluding carboxylic acids is 1. The Bertz CT molecular complexity index is 1310. The zero-order valence-electron chi connectivity index (χ0n) is 24.0. The molecule has 41 heavy (non-hydrogen) atoms. The number of amides is 1. The smallest absolute Gasteiger partial charge is 0.275 e. The molecular formula is C33H42N4O4. The van der Waals surface area contributed by atoms with Crippen LogP contribution in [0.15, 0.2) is 67.0 Å². The van der Waals surface area contributed by atoms with Crippen molar-refractivity contribution in [3.05, 3.63) is 78.2 Å². The number of hydrogen-bond donors (Lipinski definition) is 2. The van der Waals surface area contributed by atoms with Crippen molar-refractivity contribution in [3.63, 3.8) is 0 Å². The predicted molar refractivity (Wildman–Crippen MR) is 158 cm³/mol. The van der Waals surface area contributed by atoms with E-state index >= 15 is 0 Å². The summed E-state index contributed by atoms with van der Waals surface area (Å²) in [6.07, 6.45) is 5.95. The Balaban J connectivity index is 1.31. The van der Waals surface area contributed by atoms with Crippen LogP contribution in [0.1, 0.15) is 54.7 Å². The number of ether oxygens (including phenoxy) is 2. The van der Waals surface area contributed by atoms with Gasteiger partial charge in [-0.3, -0.25) is 4.79 Å². The van der Waals surface area contributed by atoms with Gasteiger partial charge in [-0.05, 0) is 24.8 Å². The number of aromatic nitrogens is 2. The molecule has 3 atom stereocenters. The highest BCUT2D eigenvalue weighted by Crippen LogP contribution is 2.41. The first-order valence-corrected chi connectivity index (χ1v) is 15.0. The zero-order chi connectivity index (χ0) is 28.3. The van der Waals surface area contributed by atoms with Gasteiger partial charge in [0.2, 0.25) is 0 Å². The molecular weight excluding hydrogens is 516 g/mol. The van der Waals surface area contributed by atoms with Crippen LogP contribution in [0.3, 0.4) is 0 Å². The highest BCUT2D eigenvalue weighted by Gasteiger charge is 2.43. The summed E-state index contributed by atoms with van der Waals surface area (Å²) in [4.78, 5) is 21.1. The lowest BCUT2D eigenvalue weighted by atomic mass is 9.80. The molecule has 3 aliphatic rings. The summed E-state index contributed by atoms with van der Waals surface area (Å²) < 4.78 is 13.6. The van der Waals surface area contributed by atoms with E-state index in [9.17, 15) is 9.90 Å². The molecule has 8 nitrogen and oxygen atoms in total. The molecule has 2 unspecified atom stereocenters. The summed E-state index contributed by atoms with van der Waals surface area (Å²) in [7, 11) is 0. The first-order valence-electron chi connectivity index (χ1n) is 15.0. The quantitative estimate of drug-likeness (QED) is 0.411. The predicted octanol–water partition coefficient (Wildman–Crippen LogP) is 4.11. The third-order valence-corrected chi connectivity index (χ3v) is 8.97. The second kappa shape index (κ2) is 12.1. The first kappa shape index (κ1) is 28.1. The van der Waals surface area contributed by atoms with Gasteiger partial charge in [0.1, 0.15) is 5.60 Å². The normalized spacial score (nSPS) is 26.0. The summed E-state index contributed by atoms with van der Waals surface area (Å²) in [5.41, 5.74) is 2.33. The van der Waals surface area contributed by atoms with Crippen molar-refractivity contribution in [2.24, 2.45) is 5.41 Å². The maximum absolute atomic E-state index is 14.3. The molecule has 2 aliphatic heterocycles. The molecule has 1 aromatic heterocycles. The van der Waals surface area contributed by atoms with Crippen molar-refractivity contribution in [2.45, 2.75) is 56.7 Å². The number of piperazine rings is 1. The van der Waals surface area contributed by atoms with Crippen molar-refractivity contribution in [2.75, 3.05) is 46.1 Å². The third-order valence-electron chi connectivity index (χ3n) is 8.97. The Morgan fingerprint density at radius 2 is 1.85 bits per heavy atom. The van der Waals surface area contributed by atoms with Crippen LogP contribution in [0.5, 0.6) is 0 Å². The van der Waals surface area contributed by atoms with Crippen LogP contribution in [0.25, 0.3) is 11.3 Å². The van der Waals surface area contributed by atoms with E-state index in [0.717, 1.165) is 50.0 Å². The second-order valence-electron chi connectivity index (χ2n) is 12.4. The van der Waals surface area contributed by atoms with Gasteiger partial charge in [-0.1, -0.05) is 80.4 Å². The van der Waals surface area contributed by atoms with E-state index in [4.69, 9.17) is 14.5 Å². The highest BCUT2D eigenvalue weighted by atomic mass is 16.5. The largest absolute Gasteiger partial charge is 0.385 e. The fourth-order valence-corrected chi connectivity index (χ4v) is 6.65. The van der Waals surface area contributed by atoms with E-state index in [1.54, 1.807) is 6.33 Å². The van der Waals surface area contributed by atoms with Crippen LogP contribution in [-0.2, 0) is 15.9 Å². The van der Waals surface area contributed by atoms with Gasteiger partial charge in [0.15, 0.2) is 5.69 Å². The van der Waals surface area contributed by atoms with Crippen LogP contribution >= 0.6 is 0 Å². The van der Waals surface area contributed by atoms with Gasteiger partial charge in [-0.2, -0.15) is 0 Å². The lowest BCUT2D eigenvalue weighted by Gasteiger charge is -2.43. The van der Waals surface area contributed by atoms with Gasteiger partial charge in [-0.25, -0.2) is 4.98 Å². The third kappa shape index (κ3) is 5.97. The molecule has 2 aromatic carbocycles. The van der Waals surface area contributed by atoms with E-state index in [0.29, 0.717) is 38.5 Å². The molecule has 218 valence electrons. The van der Waals surface area contributed by atoms with E-state index in [1.807, 2.05) is 53.4 Å². The SMILES string of the molecule is CC1(COCC2(O)CCCCC2n2cnc(C(=O)N3CCNC[C@H]3Cc3ccccc3)c2-c2ccccc2)COC1. The monoisotopic (exact) mass is 558 g/mol. The average molecular weight is 559 g/mol.